The largest absolute Gasteiger partial charge is 0.457 e. The highest BCUT2D eigenvalue weighted by Crippen LogP contribution is 2.48. The average Bonchev–Trinajstić information content (AvgIpc) is 3.83. The number of ether oxygens (including phenoxy) is 1. The first kappa shape index (κ1) is 54.1. The van der Waals surface area contributed by atoms with E-state index in [9.17, 15) is 22.6 Å². The molecular weight excluding hydrogens is 987 g/mol. The van der Waals surface area contributed by atoms with Crippen molar-refractivity contribution in [3.63, 3.8) is 0 Å². The molecular formula is C61H70N9O6S+. The Morgan fingerprint density at radius 2 is 1.64 bits per heavy atom. The predicted octanol–water partition coefficient (Wildman–Crippen LogP) is 10.8. The third-order valence-electron chi connectivity index (χ3n) is 14.9. The van der Waals surface area contributed by atoms with Crippen LogP contribution in [0.2, 0.25) is 0 Å². The number of carbonyl (C=O) groups is 1. The van der Waals surface area contributed by atoms with Crippen LogP contribution in [0.25, 0.3) is 11.2 Å². The van der Waals surface area contributed by atoms with E-state index in [1.807, 2.05) is 30.3 Å². The fourth-order valence-corrected chi connectivity index (χ4v) is 11.4. The van der Waals surface area contributed by atoms with E-state index in [0.717, 1.165) is 78.2 Å². The molecule has 0 spiro atoms. The Hall–Kier alpha value is -7.69. The summed E-state index contributed by atoms with van der Waals surface area (Å²) < 4.78 is 42.2. The summed E-state index contributed by atoms with van der Waals surface area (Å²) in [6, 6.07) is 32.4. The lowest BCUT2D eigenvalue weighted by Crippen LogP contribution is -2.28. The molecule has 4 aromatic carbocycles. The molecule has 0 unspecified atom stereocenters. The number of unbranched alkanes of at least 4 members (excludes halogenated alkanes) is 3. The number of anilines is 3. The monoisotopic (exact) mass is 1060 g/mol. The number of aromatic amines is 1. The molecule has 0 radical (unpaired) electrons. The molecule has 0 saturated carbocycles. The maximum atomic E-state index is 13.2. The van der Waals surface area contributed by atoms with E-state index in [1.165, 1.54) is 35.1 Å². The van der Waals surface area contributed by atoms with Crippen molar-refractivity contribution in [1.29, 1.82) is 0 Å². The van der Waals surface area contributed by atoms with Gasteiger partial charge in [0, 0.05) is 65.3 Å². The number of nitrogens with zero attached hydrogens (tertiary/aromatic N) is 5. The second-order valence-electron chi connectivity index (χ2n) is 21.1. The highest BCUT2D eigenvalue weighted by molar-refractivity contribution is 7.85. The van der Waals surface area contributed by atoms with Crippen LogP contribution in [-0.2, 0) is 33.9 Å². The smallest absolute Gasteiger partial charge is 0.280 e. The number of nitrogens with one attached hydrogen (secondary N) is 3. The zero-order valence-electron chi connectivity index (χ0n) is 44.7. The Bertz CT molecular complexity index is 3500. The van der Waals surface area contributed by atoms with Crippen LogP contribution >= 0.6 is 0 Å². The molecule has 2 aromatic heterocycles. The molecule has 4 heterocycles. The third kappa shape index (κ3) is 12.5. The van der Waals surface area contributed by atoms with Crippen molar-refractivity contribution in [3.8, 4) is 5.75 Å². The number of aromatic nitrogens is 4. The van der Waals surface area contributed by atoms with Crippen LogP contribution < -0.4 is 31.6 Å². The maximum absolute atomic E-state index is 13.2. The lowest BCUT2D eigenvalue weighted by Gasteiger charge is -2.27. The van der Waals surface area contributed by atoms with Gasteiger partial charge in [-0.3, -0.25) is 19.1 Å². The molecule has 0 atom stereocenters. The Balaban J connectivity index is 0.930. The first-order valence-corrected chi connectivity index (χ1v) is 28.4. The van der Waals surface area contributed by atoms with Crippen LogP contribution in [0.15, 0.2) is 155 Å². The molecule has 77 heavy (non-hydrogen) atoms. The number of benzene rings is 4. The van der Waals surface area contributed by atoms with Crippen LogP contribution in [-0.4, -0.2) is 74.5 Å². The van der Waals surface area contributed by atoms with Crippen LogP contribution in [0.3, 0.4) is 0 Å². The Labute approximate surface area is 451 Å². The zero-order valence-corrected chi connectivity index (χ0v) is 45.6. The topological polar surface area (TPSA) is 209 Å². The highest BCUT2D eigenvalue weighted by atomic mass is 32.2. The molecule has 0 saturated heterocycles. The van der Waals surface area contributed by atoms with Gasteiger partial charge in [-0.1, -0.05) is 81.8 Å². The van der Waals surface area contributed by atoms with Gasteiger partial charge in [0.05, 0.1) is 29.6 Å². The number of nitrogen functional groups attached to an aromatic ring is 1. The molecule has 1 aliphatic carbocycles. The number of hydrogen-bond acceptors (Lipinski definition) is 11. The summed E-state index contributed by atoms with van der Waals surface area (Å²) in [6.07, 6.45) is 18.2. The summed E-state index contributed by atoms with van der Waals surface area (Å²) in [5.74, 6) is 1.09. The first-order chi connectivity index (χ1) is 37.0. The van der Waals surface area contributed by atoms with E-state index < -0.39 is 15.7 Å². The number of H-pyrrole nitrogens is 1. The van der Waals surface area contributed by atoms with Crippen molar-refractivity contribution < 1.29 is 27.1 Å². The predicted molar refractivity (Wildman–Crippen MR) is 307 cm³/mol. The van der Waals surface area contributed by atoms with Crippen molar-refractivity contribution in [2.45, 2.75) is 110 Å². The molecule has 0 fully saturated rings. The van der Waals surface area contributed by atoms with Crippen molar-refractivity contribution in [1.82, 2.24) is 25.3 Å². The van der Waals surface area contributed by atoms with Gasteiger partial charge < -0.3 is 26.0 Å². The number of carbonyl (C=O) groups excluding carboxylic acids is 1. The second kappa shape index (κ2) is 23.3. The summed E-state index contributed by atoms with van der Waals surface area (Å²) in [4.78, 5) is 42.8. The van der Waals surface area contributed by atoms with Gasteiger partial charge in [0.15, 0.2) is 16.9 Å². The summed E-state index contributed by atoms with van der Waals surface area (Å²) in [7, 11) is -4.05. The number of fused-ring (bicyclic) bond motifs is 3. The van der Waals surface area contributed by atoms with Crippen molar-refractivity contribution in [2.24, 2.45) is 0 Å². The van der Waals surface area contributed by atoms with E-state index in [-0.39, 0.29) is 39.6 Å². The van der Waals surface area contributed by atoms with Gasteiger partial charge in [0.25, 0.3) is 21.6 Å². The molecule has 3 aliphatic rings. The van der Waals surface area contributed by atoms with Gasteiger partial charge in [-0.25, -0.2) is 9.97 Å². The molecule has 400 valence electrons. The molecule has 6 aromatic rings. The fraction of sp³-hybridized carbons (Fsp3) is 0.344. The minimum atomic E-state index is -4.05. The molecule has 15 nitrogen and oxygen atoms in total. The quantitative estimate of drug-likeness (QED) is 0.0259. The van der Waals surface area contributed by atoms with Crippen molar-refractivity contribution in [2.75, 3.05) is 41.3 Å². The minimum Gasteiger partial charge on any atom is -0.457 e. The summed E-state index contributed by atoms with van der Waals surface area (Å²) in [6.45, 7) is 13.7. The highest BCUT2D eigenvalue weighted by Gasteiger charge is 2.44. The van der Waals surface area contributed by atoms with Crippen molar-refractivity contribution >= 4 is 55.9 Å². The van der Waals surface area contributed by atoms with Gasteiger partial charge in [-0.15, -0.1) is 0 Å². The Morgan fingerprint density at radius 1 is 0.883 bits per heavy atom. The number of para-hydroxylation sites is 2. The zero-order chi connectivity index (χ0) is 54.3. The average molecular weight is 1060 g/mol. The van der Waals surface area contributed by atoms with Crippen LogP contribution in [0.5, 0.6) is 5.75 Å². The number of amides is 1. The third-order valence-corrected chi connectivity index (χ3v) is 15.7. The van der Waals surface area contributed by atoms with E-state index in [1.54, 1.807) is 12.1 Å². The molecule has 6 N–H and O–H groups in total. The minimum absolute atomic E-state index is 0.0193. The lowest BCUT2D eigenvalue weighted by atomic mass is 9.81. The fourth-order valence-electron chi connectivity index (χ4n) is 10.8. The summed E-state index contributed by atoms with van der Waals surface area (Å²) in [5, 5.41) is 6.31. The molecule has 2 aliphatic heterocycles. The molecule has 1 amide bonds. The molecule has 0 bridgehead atoms. The van der Waals surface area contributed by atoms with Crippen LogP contribution in [0.1, 0.15) is 119 Å². The molecule has 16 heteroatoms. The van der Waals surface area contributed by atoms with E-state index >= 15 is 0 Å². The normalized spacial score (nSPS) is 16.9. The lowest BCUT2D eigenvalue weighted by molar-refractivity contribution is -0.438. The van der Waals surface area contributed by atoms with Gasteiger partial charge in [0.2, 0.25) is 11.6 Å². The Morgan fingerprint density at radius 3 is 2.40 bits per heavy atom. The number of rotatable bonds is 21. The van der Waals surface area contributed by atoms with E-state index in [0.29, 0.717) is 55.9 Å². The van der Waals surface area contributed by atoms with E-state index in [4.69, 9.17) is 10.5 Å². The number of nitrogens with two attached hydrogens (primary N) is 1. The van der Waals surface area contributed by atoms with Crippen LogP contribution in [0, 0.1) is 0 Å². The first-order valence-electron chi connectivity index (χ1n) is 26.8. The maximum Gasteiger partial charge on any atom is 0.280 e. The van der Waals surface area contributed by atoms with Gasteiger partial charge in [-0.2, -0.15) is 18.0 Å². The van der Waals surface area contributed by atoms with Crippen LogP contribution in [0.4, 0.5) is 23.0 Å². The van der Waals surface area contributed by atoms with Crippen molar-refractivity contribution in [3.05, 3.63) is 188 Å². The van der Waals surface area contributed by atoms with E-state index in [2.05, 4.69) is 154 Å². The summed E-state index contributed by atoms with van der Waals surface area (Å²) >= 11 is 0. The Kier molecular flexibility index (Phi) is 16.4. The van der Waals surface area contributed by atoms with Gasteiger partial charge in [0.1, 0.15) is 18.1 Å². The summed E-state index contributed by atoms with van der Waals surface area (Å²) in [5.41, 5.74) is 17.4. The number of allylic oxidation sites excluding steroid dienone is 7. The second-order valence-corrected chi connectivity index (χ2v) is 22.7. The van der Waals surface area contributed by atoms with Gasteiger partial charge in [-0.05, 0) is 136 Å². The number of hydrogen-bond donors (Lipinski definition) is 5. The molecule has 9 rings (SSSR count). The standard InChI is InChI=1S/C61H69N9O6S/c1-6-7-12-36-69-50-20-10-8-18-48(50)60(2,3)52(69)32-26-42-16-15-17-43(27-33-53-61(4,5)49-19-9-11-21-51(49)70(53)37-13-14-38-77(73,74)75)55(42)76-47-30-22-41(23-31-47)34-35-63-57(71)44-24-28-45(29-25-44)64-39-46-40-65-56-54(66-46)58(72)68-59(62)67-56/h8-11,18-33,40H,6-7,12-17,34-39H2,1-5H3,(H5-,62,63,64,65,67,68,71,72,73,74,75)/p+1. The SMILES string of the molecule is CCCCC[N+]1=C(/C=C/C2=C(Oc3ccc(CCNC(=O)c4ccc(NCc5cnc6nc(N)[nH]c(=O)c6n5)cc4)cc3)C(=C/C=C3/N(CCCCS(=O)(=O)O)c4ccccc4C3(C)C)/CCC2)C(C)(C)c2ccccc21. The van der Waals surface area contributed by atoms with Gasteiger partial charge >= 0.3 is 0 Å².